The van der Waals surface area contributed by atoms with Crippen LogP contribution < -0.4 is 10.1 Å². The number of ketones is 2. The van der Waals surface area contributed by atoms with Crippen molar-refractivity contribution in [3.8, 4) is 5.75 Å². The van der Waals surface area contributed by atoms with Gasteiger partial charge in [-0.05, 0) is 42.0 Å². The lowest BCUT2D eigenvalue weighted by Gasteiger charge is -2.18. The van der Waals surface area contributed by atoms with Gasteiger partial charge in [-0.15, -0.1) is 0 Å². The zero-order valence-electron chi connectivity index (χ0n) is 17.7. The predicted octanol–water partition coefficient (Wildman–Crippen LogP) is 3.67. The van der Waals surface area contributed by atoms with Crippen LogP contribution >= 0.6 is 0 Å². The van der Waals surface area contributed by atoms with E-state index in [4.69, 9.17) is 9.47 Å². The molecule has 0 bridgehead atoms. The van der Waals surface area contributed by atoms with Gasteiger partial charge in [0.05, 0.1) is 7.11 Å². The second-order valence-electron chi connectivity index (χ2n) is 7.23. The van der Waals surface area contributed by atoms with Gasteiger partial charge in [-0.25, -0.2) is 4.79 Å². The minimum absolute atomic E-state index is 0.217. The highest BCUT2D eigenvalue weighted by Gasteiger charge is 2.29. The second-order valence-corrected chi connectivity index (χ2v) is 7.23. The number of benzene rings is 3. The SMILES string of the molecule is COc1cccc(C=CC(=O)OCC(=O)Nc2ccc3c(c2)C(=O)c2ccccc2C3=O)c1. The van der Waals surface area contributed by atoms with Gasteiger partial charge in [0.2, 0.25) is 0 Å². The molecule has 0 aromatic heterocycles. The first-order chi connectivity index (χ1) is 16.0. The van der Waals surface area contributed by atoms with Crippen LogP contribution in [-0.2, 0) is 14.3 Å². The summed E-state index contributed by atoms with van der Waals surface area (Å²) in [6.07, 6.45) is 2.76. The molecule has 3 aromatic rings. The van der Waals surface area contributed by atoms with E-state index >= 15 is 0 Å². The highest BCUT2D eigenvalue weighted by molar-refractivity contribution is 6.28. The fraction of sp³-hybridized carbons (Fsp3) is 0.0769. The van der Waals surface area contributed by atoms with Gasteiger partial charge in [0, 0.05) is 34.0 Å². The molecule has 33 heavy (non-hydrogen) atoms. The van der Waals surface area contributed by atoms with Gasteiger partial charge >= 0.3 is 5.97 Å². The number of methoxy groups -OCH3 is 1. The van der Waals surface area contributed by atoms with Crippen LogP contribution in [0.25, 0.3) is 6.08 Å². The molecule has 0 fully saturated rings. The van der Waals surface area contributed by atoms with Crippen LogP contribution in [0.5, 0.6) is 5.75 Å². The maximum atomic E-state index is 12.8. The van der Waals surface area contributed by atoms with Crippen molar-refractivity contribution in [2.45, 2.75) is 0 Å². The first-order valence-electron chi connectivity index (χ1n) is 10.1. The molecule has 0 radical (unpaired) electrons. The van der Waals surface area contributed by atoms with Crippen molar-refractivity contribution in [1.82, 2.24) is 0 Å². The minimum Gasteiger partial charge on any atom is -0.497 e. The summed E-state index contributed by atoms with van der Waals surface area (Å²) < 4.78 is 10.1. The van der Waals surface area contributed by atoms with Gasteiger partial charge < -0.3 is 14.8 Å². The average molecular weight is 441 g/mol. The fourth-order valence-corrected chi connectivity index (χ4v) is 3.47. The van der Waals surface area contributed by atoms with E-state index in [1.807, 2.05) is 0 Å². The van der Waals surface area contributed by atoms with Crippen molar-refractivity contribution in [2.75, 3.05) is 19.0 Å². The minimum atomic E-state index is -0.684. The van der Waals surface area contributed by atoms with Crippen molar-refractivity contribution in [3.63, 3.8) is 0 Å². The maximum Gasteiger partial charge on any atom is 0.331 e. The van der Waals surface area contributed by atoms with Gasteiger partial charge in [0.1, 0.15) is 5.75 Å². The molecule has 0 saturated heterocycles. The van der Waals surface area contributed by atoms with Gasteiger partial charge in [-0.1, -0.05) is 36.4 Å². The van der Waals surface area contributed by atoms with E-state index in [1.54, 1.807) is 61.7 Å². The Morgan fingerprint density at radius 1 is 0.848 bits per heavy atom. The molecule has 0 spiro atoms. The van der Waals surface area contributed by atoms with Crippen LogP contribution in [0.4, 0.5) is 5.69 Å². The average Bonchev–Trinajstić information content (AvgIpc) is 2.85. The Balaban J connectivity index is 1.37. The maximum absolute atomic E-state index is 12.8. The van der Waals surface area contributed by atoms with Crippen LogP contribution in [0, 0.1) is 0 Å². The number of carbonyl (C=O) groups is 4. The highest BCUT2D eigenvalue weighted by atomic mass is 16.5. The third kappa shape index (κ3) is 4.72. The highest BCUT2D eigenvalue weighted by Crippen LogP contribution is 2.29. The lowest BCUT2D eigenvalue weighted by Crippen LogP contribution is -2.23. The number of hydrogen-bond donors (Lipinski definition) is 1. The van der Waals surface area contributed by atoms with Gasteiger partial charge in [-0.2, -0.15) is 0 Å². The molecular weight excluding hydrogens is 422 g/mol. The number of hydrogen-bond acceptors (Lipinski definition) is 6. The molecule has 0 saturated carbocycles. The first-order valence-corrected chi connectivity index (χ1v) is 10.1. The standard InChI is InChI=1S/C26H19NO6/c1-32-18-6-4-5-16(13-18)9-12-24(29)33-15-23(28)27-17-10-11-21-22(14-17)26(31)20-8-3-2-7-19(20)25(21)30/h2-14H,15H2,1H3,(H,27,28). The van der Waals surface area contributed by atoms with E-state index in [0.29, 0.717) is 22.6 Å². The van der Waals surface area contributed by atoms with Crippen LogP contribution in [0.3, 0.4) is 0 Å². The molecule has 7 nitrogen and oxygen atoms in total. The summed E-state index contributed by atoms with van der Waals surface area (Å²) in [5, 5.41) is 2.58. The number of ether oxygens (including phenoxy) is 2. The van der Waals surface area contributed by atoms with Crippen LogP contribution in [0.15, 0.2) is 72.8 Å². The third-order valence-corrected chi connectivity index (χ3v) is 5.06. The second kappa shape index (κ2) is 9.32. The Kier molecular flexibility index (Phi) is 6.13. The molecule has 7 heteroatoms. The van der Waals surface area contributed by atoms with E-state index in [0.717, 1.165) is 5.56 Å². The van der Waals surface area contributed by atoms with Crippen molar-refractivity contribution in [2.24, 2.45) is 0 Å². The quantitative estimate of drug-likeness (QED) is 0.362. The normalized spacial score (nSPS) is 12.2. The molecular formula is C26H19NO6. The van der Waals surface area contributed by atoms with Crippen LogP contribution in [0.2, 0.25) is 0 Å². The summed E-state index contributed by atoms with van der Waals surface area (Å²) in [4.78, 5) is 49.6. The van der Waals surface area contributed by atoms with Crippen LogP contribution in [0.1, 0.15) is 37.4 Å². The molecule has 0 aliphatic heterocycles. The van der Waals surface area contributed by atoms with E-state index < -0.39 is 18.5 Å². The fourth-order valence-electron chi connectivity index (χ4n) is 3.47. The summed E-state index contributed by atoms with van der Waals surface area (Å²) in [6, 6.07) is 18.2. The van der Waals surface area contributed by atoms with Gasteiger partial charge in [0.25, 0.3) is 5.91 Å². The van der Waals surface area contributed by atoms with Crippen molar-refractivity contribution in [3.05, 3.63) is 101 Å². The summed E-state index contributed by atoms with van der Waals surface area (Å²) in [6.45, 7) is -0.506. The molecule has 4 rings (SSSR count). The zero-order valence-corrected chi connectivity index (χ0v) is 17.7. The number of anilines is 1. The third-order valence-electron chi connectivity index (χ3n) is 5.06. The Morgan fingerprint density at radius 3 is 2.27 bits per heavy atom. The summed E-state index contributed by atoms with van der Waals surface area (Å²) in [5.74, 6) is -1.14. The monoisotopic (exact) mass is 441 g/mol. The number of fused-ring (bicyclic) bond motifs is 2. The largest absolute Gasteiger partial charge is 0.497 e. The number of esters is 1. The van der Waals surface area contributed by atoms with E-state index in [-0.39, 0.29) is 22.7 Å². The summed E-state index contributed by atoms with van der Waals surface area (Å²) in [7, 11) is 1.55. The Hall–Kier alpha value is -4.52. The lowest BCUT2D eigenvalue weighted by molar-refractivity contribution is -0.142. The number of nitrogens with one attached hydrogen (secondary N) is 1. The smallest absolute Gasteiger partial charge is 0.331 e. The molecule has 1 aliphatic carbocycles. The first kappa shape index (κ1) is 21.7. The Labute approximate surface area is 189 Å². The lowest BCUT2D eigenvalue weighted by atomic mass is 9.84. The molecule has 0 atom stereocenters. The van der Waals surface area contributed by atoms with Gasteiger partial charge in [0.15, 0.2) is 18.2 Å². The molecule has 164 valence electrons. The molecule has 0 unspecified atom stereocenters. The number of amides is 1. The van der Waals surface area contributed by atoms with Crippen molar-refractivity contribution >= 4 is 35.2 Å². The topological polar surface area (TPSA) is 98.8 Å². The zero-order chi connectivity index (χ0) is 23.4. The predicted molar refractivity (Wildman–Crippen MR) is 121 cm³/mol. The number of carbonyl (C=O) groups excluding carboxylic acids is 4. The molecule has 3 aromatic carbocycles. The van der Waals surface area contributed by atoms with Crippen molar-refractivity contribution < 1.29 is 28.7 Å². The van der Waals surface area contributed by atoms with Crippen molar-refractivity contribution in [1.29, 1.82) is 0 Å². The van der Waals surface area contributed by atoms with E-state index in [2.05, 4.69) is 5.32 Å². The van der Waals surface area contributed by atoms with E-state index in [9.17, 15) is 19.2 Å². The molecule has 1 aliphatic rings. The van der Waals surface area contributed by atoms with E-state index in [1.165, 1.54) is 24.3 Å². The Bertz CT molecular complexity index is 1310. The molecule has 0 heterocycles. The Morgan fingerprint density at radius 2 is 1.55 bits per heavy atom. The summed E-state index contributed by atoms with van der Waals surface area (Å²) in [5.41, 5.74) is 2.25. The molecule has 1 N–H and O–H groups in total. The summed E-state index contributed by atoms with van der Waals surface area (Å²) >= 11 is 0. The van der Waals surface area contributed by atoms with Crippen LogP contribution in [-0.4, -0.2) is 37.2 Å². The number of rotatable bonds is 6. The molecule has 1 amide bonds. The van der Waals surface area contributed by atoms with Gasteiger partial charge in [-0.3, -0.25) is 14.4 Å².